The molecule has 0 aromatic heterocycles. The van der Waals surface area contributed by atoms with Crippen molar-refractivity contribution in [3.8, 4) is 0 Å². The van der Waals surface area contributed by atoms with Crippen LogP contribution in [0.3, 0.4) is 0 Å². The van der Waals surface area contributed by atoms with Crippen molar-refractivity contribution >= 4 is 6.08 Å². The number of allylic oxidation sites excluding steroid dienone is 5. The number of hydrogen-bond acceptors (Lipinski definition) is 2. The molecule has 0 aliphatic heterocycles. The van der Waals surface area contributed by atoms with Crippen LogP contribution in [0.1, 0.15) is 5.56 Å². The first-order valence-corrected chi connectivity index (χ1v) is 5.02. The summed E-state index contributed by atoms with van der Waals surface area (Å²) in [4.78, 5) is 0. The summed E-state index contributed by atoms with van der Waals surface area (Å²) >= 11 is 0. The summed E-state index contributed by atoms with van der Waals surface area (Å²) < 4.78 is 5.08. The van der Waals surface area contributed by atoms with Gasteiger partial charge in [0.25, 0.3) is 5.95 Å². The molecule has 80 valence electrons. The van der Waals surface area contributed by atoms with Crippen LogP contribution in [0.5, 0.6) is 0 Å². The Morgan fingerprint density at radius 3 is 2.44 bits per heavy atom. The SMILES string of the molecule is OC(OC=Cc1ccccc1)=C1C=CC=C1. The normalized spacial score (nSPS) is 13.6. The van der Waals surface area contributed by atoms with Gasteiger partial charge in [-0.15, -0.1) is 0 Å². The van der Waals surface area contributed by atoms with Gasteiger partial charge in [0.15, 0.2) is 0 Å². The number of aliphatic hydroxyl groups excluding tert-OH is 1. The average Bonchev–Trinajstić information content (AvgIpc) is 2.84. The maximum atomic E-state index is 9.53. The van der Waals surface area contributed by atoms with Gasteiger partial charge in [-0.25, -0.2) is 0 Å². The van der Waals surface area contributed by atoms with Crippen molar-refractivity contribution in [3.63, 3.8) is 0 Å². The molecule has 1 aliphatic rings. The predicted octanol–water partition coefficient (Wildman–Crippen LogP) is 3.57. The monoisotopic (exact) mass is 212 g/mol. The first-order valence-electron chi connectivity index (χ1n) is 5.02. The molecule has 0 bridgehead atoms. The molecular weight excluding hydrogens is 200 g/mol. The Labute approximate surface area is 94.5 Å². The quantitative estimate of drug-likeness (QED) is 0.776. The Hall–Kier alpha value is -2.22. The van der Waals surface area contributed by atoms with Crippen molar-refractivity contribution in [3.05, 3.63) is 78.0 Å². The molecule has 0 amide bonds. The highest BCUT2D eigenvalue weighted by Crippen LogP contribution is 2.13. The van der Waals surface area contributed by atoms with E-state index in [2.05, 4.69) is 0 Å². The maximum Gasteiger partial charge on any atom is 0.289 e. The van der Waals surface area contributed by atoms with Gasteiger partial charge < -0.3 is 9.84 Å². The lowest BCUT2D eigenvalue weighted by molar-refractivity contribution is 0.167. The van der Waals surface area contributed by atoms with Crippen LogP contribution in [0.2, 0.25) is 0 Å². The number of aliphatic hydroxyl groups is 1. The predicted molar refractivity (Wildman–Crippen MR) is 64.5 cm³/mol. The van der Waals surface area contributed by atoms with Crippen molar-refractivity contribution in [2.75, 3.05) is 0 Å². The molecule has 0 atom stereocenters. The Kier molecular flexibility index (Phi) is 3.24. The first-order chi connectivity index (χ1) is 7.86. The molecule has 0 fully saturated rings. The van der Waals surface area contributed by atoms with E-state index in [-0.39, 0.29) is 5.95 Å². The van der Waals surface area contributed by atoms with Crippen LogP contribution in [-0.2, 0) is 4.74 Å². The second kappa shape index (κ2) is 5.03. The van der Waals surface area contributed by atoms with Crippen LogP contribution < -0.4 is 0 Å². The zero-order valence-electron chi connectivity index (χ0n) is 8.71. The van der Waals surface area contributed by atoms with Crippen LogP contribution in [0.15, 0.2) is 72.4 Å². The van der Waals surface area contributed by atoms with E-state index in [1.54, 1.807) is 18.2 Å². The van der Waals surface area contributed by atoms with Gasteiger partial charge in [0.05, 0.1) is 11.8 Å². The molecular formula is C14H12O2. The summed E-state index contributed by atoms with van der Waals surface area (Å²) in [6.07, 6.45) is 10.5. The van der Waals surface area contributed by atoms with E-state index in [0.29, 0.717) is 5.57 Å². The highest BCUT2D eigenvalue weighted by atomic mass is 16.6. The highest BCUT2D eigenvalue weighted by Gasteiger charge is 2.01. The number of ether oxygens (including phenoxy) is 1. The van der Waals surface area contributed by atoms with E-state index in [9.17, 15) is 5.11 Å². The molecule has 0 saturated carbocycles. The summed E-state index contributed by atoms with van der Waals surface area (Å²) in [6, 6.07) is 9.76. The molecule has 2 rings (SSSR count). The van der Waals surface area contributed by atoms with Gasteiger partial charge in [0, 0.05) is 0 Å². The lowest BCUT2D eigenvalue weighted by atomic mass is 10.2. The molecule has 2 heteroatoms. The Bertz CT molecular complexity index is 451. The minimum Gasteiger partial charge on any atom is -0.480 e. The van der Waals surface area contributed by atoms with Crippen LogP contribution in [0, 0.1) is 0 Å². The Morgan fingerprint density at radius 2 is 1.75 bits per heavy atom. The van der Waals surface area contributed by atoms with Crippen molar-refractivity contribution in [1.29, 1.82) is 0 Å². The largest absolute Gasteiger partial charge is 0.480 e. The summed E-state index contributed by atoms with van der Waals surface area (Å²) in [7, 11) is 0. The fourth-order valence-electron chi connectivity index (χ4n) is 1.33. The van der Waals surface area contributed by atoms with Gasteiger partial charge in [0.1, 0.15) is 0 Å². The van der Waals surface area contributed by atoms with Gasteiger partial charge in [-0.3, -0.25) is 0 Å². The van der Waals surface area contributed by atoms with Gasteiger partial charge in [-0.1, -0.05) is 42.5 Å². The van der Waals surface area contributed by atoms with E-state index in [4.69, 9.17) is 4.74 Å². The molecule has 0 spiro atoms. The zero-order valence-corrected chi connectivity index (χ0v) is 8.71. The van der Waals surface area contributed by atoms with Crippen molar-refractivity contribution in [2.45, 2.75) is 0 Å². The molecule has 1 aliphatic carbocycles. The minimum absolute atomic E-state index is 0.0859. The summed E-state index contributed by atoms with van der Waals surface area (Å²) in [5.74, 6) is -0.0859. The summed E-state index contributed by atoms with van der Waals surface area (Å²) in [5.41, 5.74) is 1.70. The van der Waals surface area contributed by atoms with Gasteiger partial charge in [-0.05, 0) is 23.8 Å². The van der Waals surface area contributed by atoms with Crippen molar-refractivity contribution < 1.29 is 9.84 Å². The molecule has 1 aromatic rings. The van der Waals surface area contributed by atoms with Gasteiger partial charge in [0.2, 0.25) is 0 Å². The summed E-state index contributed by atoms with van der Waals surface area (Å²) in [5, 5.41) is 9.53. The minimum atomic E-state index is -0.0859. The topological polar surface area (TPSA) is 29.5 Å². The zero-order chi connectivity index (χ0) is 11.2. The molecule has 1 aromatic carbocycles. The Balaban J connectivity index is 1.98. The second-order valence-electron chi connectivity index (χ2n) is 3.31. The number of benzene rings is 1. The molecule has 0 heterocycles. The van der Waals surface area contributed by atoms with Crippen molar-refractivity contribution in [1.82, 2.24) is 0 Å². The average molecular weight is 212 g/mol. The van der Waals surface area contributed by atoms with Crippen LogP contribution in [-0.4, -0.2) is 5.11 Å². The molecule has 1 N–H and O–H groups in total. The third kappa shape index (κ3) is 2.64. The van der Waals surface area contributed by atoms with E-state index in [1.165, 1.54) is 6.26 Å². The Morgan fingerprint density at radius 1 is 1.06 bits per heavy atom. The lowest BCUT2D eigenvalue weighted by Crippen LogP contribution is -1.86. The van der Waals surface area contributed by atoms with E-state index >= 15 is 0 Å². The van der Waals surface area contributed by atoms with Crippen LogP contribution in [0.25, 0.3) is 6.08 Å². The molecule has 0 unspecified atom stereocenters. The number of hydrogen-bond donors (Lipinski definition) is 1. The van der Waals surface area contributed by atoms with E-state index in [0.717, 1.165) is 5.56 Å². The van der Waals surface area contributed by atoms with E-state index in [1.807, 2.05) is 42.5 Å². The molecule has 2 nitrogen and oxygen atoms in total. The standard InChI is InChI=1S/C14H12O2/c15-14(13-8-4-5-9-13)16-11-10-12-6-2-1-3-7-12/h1-11,15H. The highest BCUT2D eigenvalue weighted by molar-refractivity contribution is 5.48. The van der Waals surface area contributed by atoms with Gasteiger partial charge in [-0.2, -0.15) is 0 Å². The lowest BCUT2D eigenvalue weighted by Gasteiger charge is -1.99. The maximum absolute atomic E-state index is 9.53. The third-order valence-electron chi connectivity index (χ3n) is 2.15. The molecule has 16 heavy (non-hydrogen) atoms. The van der Waals surface area contributed by atoms with Crippen LogP contribution in [0.4, 0.5) is 0 Å². The number of rotatable bonds is 3. The van der Waals surface area contributed by atoms with Gasteiger partial charge >= 0.3 is 0 Å². The molecule has 0 radical (unpaired) electrons. The van der Waals surface area contributed by atoms with Crippen molar-refractivity contribution in [2.24, 2.45) is 0 Å². The second-order valence-corrected chi connectivity index (χ2v) is 3.31. The smallest absolute Gasteiger partial charge is 0.289 e. The van der Waals surface area contributed by atoms with E-state index < -0.39 is 0 Å². The first kappa shape index (κ1) is 10.3. The summed E-state index contributed by atoms with van der Waals surface area (Å²) in [6.45, 7) is 0. The fraction of sp³-hybridized carbons (Fsp3) is 0. The fourth-order valence-corrected chi connectivity index (χ4v) is 1.33. The third-order valence-corrected chi connectivity index (χ3v) is 2.15. The van der Waals surface area contributed by atoms with Crippen LogP contribution >= 0.6 is 0 Å². The molecule has 0 saturated heterocycles.